The molecule has 1 aliphatic heterocycles. The van der Waals surface area contributed by atoms with Crippen molar-refractivity contribution in [2.24, 2.45) is 0 Å². The second-order valence-electron chi connectivity index (χ2n) is 3.91. The van der Waals surface area contributed by atoms with E-state index in [0.717, 1.165) is 10.8 Å². The van der Waals surface area contributed by atoms with E-state index < -0.39 is 36.3 Å². The monoisotopic (exact) mass is 253 g/mol. The van der Waals surface area contributed by atoms with E-state index in [1.54, 1.807) is 6.07 Å². The number of aromatic amines is 1. The van der Waals surface area contributed by atoms with E-state index >= 15 is 0 Å². The summed E-state index contributed by atoms with van der Waals surface area (Å²) in [5.41, 5.74) is -1.73. The van der Waals surface area contributed by atoms with Crippen LogP contribution in [0.4, 0.5) is 0 Å². The lowest BCUT2D eigenvalue weighted by Crippen LogP contribution is -2.39. The van der Waals surface area contributed by atoms with Gasteiger partial charge < -0.3 is 19.9 Å². The Morgan fingerprint density at radius 2 is 2.33 bits per heavy atom. The molecule has 3 N–H and O–H groups in total. The van der Waals surface area contributed by atoms with Gasteiger partial charge >= 0.3 is 5.69 Å². The van der Waals surface area contributed by atoms with Crippen LogP contribution in [-0.4, -0.2) is 38.6 Å². The molecule has 96 valence electrons. The van der Waals surface area contributed by atoms with Crippen molar-refractivity contribution in [2.75, 3.05) is 6.61 Å². The highest BCUT2D eigenvalue weighted by molar-refractivity contribution is 5.21. The minimum absolute atomic E-state index is 0.00307. The summed E-state index contributed by atoms with van der Waals surface area (Å²) in [5, 5.41) is 27.2. The molecule has 18 heavy (non-hydrogen) atoms. The largest absolute Gasteiger partial charge is 0.394 e. The molecule has 0 aliphatic carbocycles. The third kappa shape index (κ3) is 1.95. The van der Waals surface area contributed by atoms with Gasteiger partial charge in [-0.2, -0.15) is 5.26 Å². The average molecular weight is 253 g/mol. The first-order valence-corrected chi connectivity index (χ1v) is 5.27. The standard InChI is InChI=1S/C10H11N3O5/c11-2-5-3-12-10(17)13(9(5)16)8-1-6(15)7(4-14)18-8/h3,6-8,14-15H,1,4H2,(H,12,17)/t6-,7-,8-/m1/s1. The highest BCUT2D eigenvalue weighted by Crippen LogP contribution is 2.26. The van der Waals surface area contributed by atoms with Crippen molar-refractivity contribution in [1.29, 1.82) is 5.26 Å². The summed E-state index contributed by atoms with van der Waals surface area (Å²) in [6, 6.07) is 1.65. The van der Waals surface area contributed by atoms with Gasteiger partial charge in [0, 0.05) is 12.6 Å². The number of hydrogen-bond acceptors (Lipinski definition) is 6. The summed E-state index contributed by atoms with van der Waals surface area (Å²) in [7, 11) is 0. The summed E-state index contributed by atoms with van der Waals surface area (Å²) < 4.78 is 5.94. The van der Waals surface area contributed by atoms with E-state index in [0.29, 0.717) is 0 Å². The zero-order valence-electron chi connectivity index (χ0n) is 9.24. The molecular weight excluding hydrogens is 242 g/mol. The first kappa shape index (κ1) is 12.5. The minimum Gasteiger partial charge on any atom is -0.394 e. The maximum absolute atomic E-state index is 11.8. The topological polar surface area (TPSA) is 128 Å². The average Bonchev–Trinajstić information content (AvgIpc) is 2.70. The fourth-order valence-electron chi connectivity index (χ4n) is 1.87. The molecular formula is C10H11N3O5. The highest BCUT2D eigenvalue weighted by Gasteiger charge is 2.36. The van der Waals surface area contributed by atoms with Crippen LogP contribution in [0.2, 0.25) is 0 Å². The Morgan fingerprint density at radius 1 is 1.61 bits per heavy atom. The zero-order chi connectivity index (χ0) is 13.3. The third-order valence-corrected chi connectivity index (χ3v) is 2.80. The van der Waals surface area contributed by atoms with Gasteiger partial charge in [0.15, 0.2) is 0 Å². The molecule has 1 aromatic heterocycles. The summed E-state index contributed by atoms with van der Waals surface area (Å²) in [6.07, 6.45) is -1.76. The van der Waals surface area contributed by atoms with E-state index in [1.165, 1.54) is 0 Å². The van der Waals surface area contributed by atoms with Crippen LogP contribution in [0.3, 0.4) is 0 Å². The van der Waals surface area contributed by atoms with Crippen molar-refractivity contribution in [2.45, 2.75) is 24.9 Å². The lowest BCUT2D eigenvalue weighted by Gasteiger charge is -2.13. The van der Waals surface area contributed by atoms with Crippen molar-refractivity contribution >= 4 is 0 Å². The van der Waals surface area contributed by atoms with Crippen LogP contribution in [0.5, 0.6) is 0 Å². The van der Waals surface area contributed by atoms with Gasteiger partial charge in [0.2, 0.25) is 0 Å². The van der Waals surface area contributed by atoms with Gasteiger partial charge in [0.1, 0.15) is 24.0 Å². The van der Waals surface area contributed by atoms with Crippen molar-refractivity contribution in [3.63, 3.8) is 0 Å². The smallest absolute Gasteiger partial charge is 0.330 e. The zero-order valence-corrected chi connectivity index (χ0v) is 9.24. The molecule has 3 atom stereocenters. The first-order chi connectivity index (χ1) is 8.58. The van der Waals surface area contributed by atoms with Crippen LogP contribution in [0.1, 0.15) is 18.2 Å². The van der Waals surface area contributed by atoms with E-state index in [4.69, 9.17) is 15.1 Å². The van der Waals surface area contributed by atoms with Crippen molar-refractivity contribution in [3.8, 4) is 6.07 Å². The lowest BCUT2D eigenvalue weighted by molar-refractivity contribution is -0.0469. The van der Waals surface area contributed by atoms with Gasteiger partial charge in [-0.1, -0.05) is 0 Å². The van der Waals surface area contributed by atoms with E-state index in [2.05, 4.69) is 4.98 Å². The summed E-state index contributed by atoms with van der Waals surface area (Å²) in [6.45, 7) is -0.414. The van der Waals surface area contributed by atoms with Crippen LogP contribution in [-0.2, 0) is 4.74 Å². The Balaban J connectivity index is 2.45. The predicted octanol–water partition coefficient (Wildman–Crippen LogP) is -1.95. The Bertz CT molecular complexity index is 599. The number of rotatable bonds is 2. The number of aliphatic hydroxyl groups is 2. The van der Waals surface area contributed by atoms with Gasteiger partial charge in [-0.25, -0.2) is 9.36 Å². The molecule has 8 nitrogen and oxygen atoms in total. The second kappa shape index (κ2) is 4.73. The maximum atomic E-state index is 11.8. The number of ether oxygens (including phenoxy) is 1. The number of aromatic nitrogens is 2. The number of H-pyrrole nitrogens is 1. The van der Waals surface area contributed by atoms with Crippen molar-refractivity contribution in [1.82, 2.24) is 9.55 Å². The number of nitrogens with zero attached hydrogens (tertiary/aromatic N) is 2. The Labute approximate surface area is 101 Å². The molecule has 0 amide bonds. The molecule has 0 spiro atoms. The molecule has 8 heteroatoms. The fraction of sp³-hybridized carbons (Fsp3) is 0.500. The van der Waals surface area contributed by atoms with Gasteiger partial charge in [0.05, 0.1) is 12.7 Å². The lowest BCUT2D eigenvalue weighted by atomic mass is 10.2. The molecule has 0 aromatic carbocycles. The normalized spacial score (nSPS) is 27.1. The second-order valence-corrected chi connectivity index (χ2v) is 3.91. The van der Waals surface area contributed by atoms with E-state index in [9.17, 15) is 14.7 Å². The van der Waals surface area contributed by atoms with Crippen molar-refractivity contribution < 1.29 is 14.9 Å². The van der Waals surface area contributed by atoms with Crippen LogP contribution >= 0.6 is 0 Å². The van der Waals surface area contributed by atoms with Gasteiger partial charge in [0.25, 0.3) is 5.56 Å². The number of aliphatic hydroxyl groups excluding tert-OH is 2. The summed E-state index contributed by atoms with van der Waals surface area (Å²) in [5.74, 6) is 0. The molecule has 0 bridgehead atoms. The molecule has 1 fully saturated rings. The molecule has 0 saturated carbocycles. The molecule has 2 rings (SSSR count). The molecule has 1 aromatic rings. The number of nitriles is 1. The summed E-state index contributed by atoms with van der Waals surface area (Å²) >= 11 is 0. The van der Waals surface area contributed by atoms with Crippen molar-refractivity contribution in [3.05, 3.63) is 32.6 Å². The minimum atomic E-state index is -0.985. The van der Waals surface area contributed by atoms with Crippen LogP contribution in [0.25, 0.3) is 0 Å². The SMILES string of the molecule is N#Cc1c[nH]c(=O)n([C@H]2C[C@@H](O)[C@@H](CO)O2)c1=O. The number of nitrogens with one attached hydrogen (secondary N) is 1. The Morgan fingerprint density at radius 3 is 2.89 bits per heavy atom. The Kier molecular flexibility index (Phi) is 3.29. The maximum Gasteiger partial charge on any atom is 0.330 e. The van der Waals surface area contributed by atoms with Gasteiger partial charge in [-0.15, -0.1) is 0 Å². The van der Waals surface area contributed by atoms with Gasteiger partial charge in [-0.3, -0.25) is 4.79 Å². The van der Waals surface area contributed by atoms with Crippen LogP contribution in [0.15, 0.2) is 15.8 Å². The third-order valence-electron chi connectivity index (χ3n) is 2.80. The quantitative estimate of drug-likeness (QED) is 0.562. The molecule has 2 heterocycles. The molecule has 1 saturated heterocycles. The number of hydrogen-bond donors (Lipinski definition) is 3. The Hall–Kier alpha value is -1.95. The predicted molar refractivity (Wildman–Crippen MR) is 57.7 cm³/mol. The first-order valence-electron chi connectivity index (χ1n) is 5.27. The van der Waals surface area contributed by atoms with E-state index in [1.807, 2.05) is 0 Å². The summed E-state index contributed by atoms with van der Waals surface area (Å²) in [4.78, 5) is 25.6. The highest BCUT2D eigenvalue weighted by atomic mass is 16.5. The fourth-order valence-corrected chi connectivity index (χ4v) is 1.87. The van der Waals surface area contributed by atoms with Crippen LogP contribution in [0, 0.1) is 11.3 Å². The van der Waals surface area contributed by atoms with Crippen LogP contribution < -0.4 is 11.2 Å². The molecule has 0 radical (unpaired) electrons. The van der Waals surface area contributed by atoms with Gasteiger partial charge in [-0.05, 0) is 0 Å². The molecule has 1 aliphatic rings. The molecule has 0 unspecified atom stereocenters. The van der Waals surface area contributed by atoms with E-state index in [-0.39, 0.29) is 12.0 Å².